The topological polar surface area (TPSA) is 131 Å². The maximum Gasteiger partial charge on any atom is 0.306 e. The van der Waals surface area contributed by atoms with Gasteiger partial charge in [0.15, 0.2) is 0 Å². The third-order valence-electron chi connectivity index (χ3n) is 13.7. The first-order valence-electron chi connectivity index (χ1n) is 20.4. The Morgan fingerprint density at radius 1 is 0.865 bits per heavy atom. The van der Waals surface area contributed by atoms with E-state index in [1.165, 1.54) is 69.1 Å². The van der Waals surface area contributed by atoms with Gasteiger partial charge in [-0.2, -0.15) is 0 Å². The number of hydrogen-bond donors (Lipinski definition) is 2. The molecule has 1 aliphatic heterocycles. The molecule has 0 aromatic rings. The molecule has 0 aromatic carbocycles. The van der Waals surface area contributed by atoms with Crippen molar-refractivity contribution in [3.8, 4) is 0 Å². The quantitative estimate of drug-likeness (QED) is 0.0737. The number of rotatable bonds is 18. The summed E-state index contributed by atoms with van der Waals surface area (Å²) in [4.78, 5) is 61.1. The smallest absolute Gasteiger partial charge is 0.306 e. The molecule has 0 bridgehead atoms. The fraction of sp³-hybridized carbons (Fsp3) is 0.786. The molecule has 3 fully saturated rings. The first-order valence-corrected chi connectivity index (χ1v) is 20.4. The molecule has 0 aromatic heterocycles. The summed E-state index contributed by atoms with van der Waals surface area (Å²) in [5, 5.41) is 5.44. The molecule has 10 heteroatoms. The van der Waals surface area contributed by atoms with Gasteiger partial charge in [0.25, 0.3) is 11.8 Å². The zero-order valence-electron chi connectivity index (χ0n) is 32.5. The Hall–Kier alpha value is -3.01. The SMILES string of the molecule is CC(C)CCC[C@@H](C)[C@H]1CC[C@H]2[C@@H]3CC=C4C[C@@H](OC(=O)CCC(=O)NCCOCCNC(=O)CCN5C(=O)C=CC5=O)CC[C@]4(C)[C@H]3CC[C@]12C. The van der Waals surface area contributed by atoms with Gasteiger partial charge in [0.2, 0.25) is 11.8 Å². The van der Waals surface area contributed by atoms with Crippen molar-refractivity contribution in [3.05, 3.63) is 23.8 Å². The lowest BCUT2D eigenvalue weighted by Gasteiger charge is -2.58. The van der Waals surface area contributed by atoms with Gasteiger partial charge in [-0.05, 0) is 91.3 Å². The maximum absolute atomic E-state index is 12.8. The van der Waals surface area contributed by atoms with Crippen LogP contribution in [0.4, 0.5) is 0 Å². The van der Waals surface area contributed by atoms with Crippen molar-refractivity contribution in [3.63, 3.8) is 0 Å². The number of nitrogens with zero attached hydrogens (tertiary/aromatic N) is 1. The second-order valence-corrected chi connectivity index (χ2v) is 17.4. The average Bonchev–Trinajstić information content (AvgIpc) is 3.63. The van der Waals surface area contributed by atoms with Gasteiger partial charge in [-0.1, -0.05) is 65.5 Å². The Kier molecular flexibility index (Phi) is 13.8. The maximum atomic E-state index is 12.8. The number of esters is 1. The summed E-state index contributed by atoms with van der Waals surface area (Å²) in [5.74, 6) is 3.17. The molecule has 0 unspecified atom stereocenters. The number of imide groups is 1. The van der Waals surface area contributed by atoms with Crippen molar-refractivity contribution in [2.45, 2.75) is 131 Å². The summed E-state index contributed by atoms with van der Waals surface area (Å²) in [6.45, 7) is 13.5. The van der Waals surface area contributed by atoms with Crippen LogP contribution in [0.5, 0.6) is 0 Å². The number of allylic oxidation sites excluding steroid dienone is 1. The highest BCUT2D eigenvalue weighted by molar-refractivity contribution is 6.13. The summed E-state index contributed by atoms with van der Waals surface area (Å²) in [6.07, 6.45) is 18.5. The first-order chi connectivity index (χ1) is 24.8. The van der Waals surface area contributed by atoms with Crippen LogP contribution in [0.2, 0.25) is 0 Å². The average molecular weight is 724 g/mol. The van der Waals surface area contributed by atoms with Gasteiger partial charge >= 0.3 is 5.97 Å². The van der Waals surface area contributed by atoms with E-state index in [-0.39, 0.29) is 74.9 Å². The van der Waals surface area contributed by atoms with Gasteiger partial charge in [0, 0.05) is 51.0 Å². The normalized spacial score (nSPS) is 31.5. The molecule has 0 spiro atoms. The van der Waals surface area contributed by atoms with Crippen molar-refractivity contribution in [1.29, 1.82) is 0 Å². The lowest BCUT2D eigenvalue weighted by Crippen LogP contribution is -2.51. The number of fused-ring (bicyclic) bond motifs is 5. The number of carbonyl (C=O) groups is 5. The summed E-state index contributed by atoms with van der Waals surface area (Å²) in [7, 11) is 0. The zero-order valence-corrected chi connectivity index (χ0v) is 32.5. The Bertz CT molecular complexity index is 1360. The van der Waals surface area contributed by atoms with Crippen molar-refractivity contribution in [1.82, 2.24) is 15.5 Å². The molecular weight excluding hydrogens is 658 g/mol. The zero-order chi connectivity index (χ0) is 37.5. The Balaban J connectivity index is 0.956. The minimum Gasteiger partial charge on any atom is -0.462 e. The van der Waals surface area contributed by atoms with Crippen molar-refractivity contribution < 1.29 is 33.4 Å². The highest BCUT2D eigenvalue weighted by Crippen LogP contribution is 2.67. The van der Waals surface area contributed by atoms with E-state index in [0.29, 0.717) is 12.0 Å². The molecule has 52 heavy (non-hydrogen) atoms. The molecule has 5 aliphatic rings. The monoisotopic (exact) mass is 723 g/mol. The highest BCUT2D eigenvalue weighted by atomic mass is 16.5. The second-order valence-electron chi connectivity index (χ2n) is 17.4. The number of hydrogen-bond acceptors (Lipinski definition) is 7. The molecule has 4 amide bonds. The first kappa shape index (κ1) is 40.2. The van der Waals surface area contributed by atoms with Crippen LogP contribution in [0, 0.1) is 46.3 Å². The number of carbonyl (C=O) groups excluding carboxylic acids is 5. The Labute approximate surface area is 311 Å². The third kappa shape index (κ3) is 9.55. The fourth-order valence-corrected chi connectivity index (χ4v) is 10.9. The molecular formula is C42H65N3O7. The molecule has 0 saturated heterocycles. The van der Waals surface area contributed by atoms with E-state index in [4.69, 9.17) is 9.47 Å². The summed E-state index contributed by atoms with van der Waals surface area (Å²) < 4.78 is 11.4. The van der Waals surface area contributed by atoms with Crippen molar-refractivity contribution in [2.24, 2.45) is 46.3 Å². The molecule has 0 radical (unpaired) electrons. The van der Waals surface area contributed by atoms with E-state index >= 15 is 0 Å². The van der Waals surface area contributed by atoms with Crippen LogP contribution >= 0.6 is 0 Å². The van der Waals surface area contributed by atoms with Crippen LogP contribution in [0.15, 0.2) is 23.8 Å². The van der Waals surface area contributed by atoms with E-state index < -0.39 is 11.8 Å². The minimum absolute atomic E-state index is 0.0231. The highest BCUT2D eigenvalue weighted by Gasteiger charge is 2.59. The standard InChI is InChI=1S/C42H65N3O7/c1-28(2)7-6-8-29(3)33-11-12-34-32-10-9-30-27-31(17-20-41(30,4)35(32)18-21-42(33,34)5)52-40(50)16-13-36(46)43-22-25-51-26-23-44-37(47)19-24-45-38(48)14-15-39(45)49/h9,14-15,28-29,31-35H,6-8,10-13,16-27H2,1-5H3,(H,43,46)(H,44,47)/t29-,31+,32+,33-,34+,35+,41+,42-/m1/s1. The minimum atomic E-state index is -0.410. The van der Waals surface area contributed by atoms with Gasteiger partial charge in [-0.3, -0.25) is 28.9 Å². The molecule has 1 heterocycles. The van der Waals surface area contributed by atoms with E-state index in [2.05, 4.69) is 51.3 Å². The Morgan fingerprint density at radius 3 is 2.25 bits per heavy atom. The van der Waals surface area contributed by atoms with Crippen LogP contribution < -0.4 is 10.6 Å². The van der Waals surface area contributed by atoms with Crippen LogP contribution in [0.1, 0.15) is 125 Å². The largest absolute Gasteiger partial charge is 0.462 e. The summed E-state index contributed by atoms with van der Waals surface area (Å²) in [6, 6.07) is 0. The predicted octanol–water partition coefficient (Wildman–Crippen LogP) is 6.28. The van der Waals surface area contributed by atoms with Gasteiger partial charge in [0.1, 0.15) is 6.10 Å². The Morgan fingerprint density at radius 2 is 1.56 bits per heavy atom. The third-order valence-corrected chi connectivity index (χ3v) is 13.7. The number of ether oxygens (including phenoxy) is 2. The van der Waals surface area contributed by atoms with Crippen LogP contribution in [-0.4, -0.2) is 73.4 Å². The van der Waals surface area contributed by atoms with Crippen molar-refractivity contribution >= 4 is 29.6 Å². The lowest BCUT2D eigenvalue weighted by atomic mass is 9.47. The van der Waals surface area contributed by atoms with Gasteiger partial charge in [0.05, 0.1) is 19.6 Å². The number of amides is 4. The molecule has 5 rings (SSSR count). The van der Waals surface area contributed by atoms with Crippen LogP contribution in [0.3, 0.4) is 0 Å². The van der Waals surface area contributed by atoms with E-state index in [0.717, 1.165) is 59.7 Å². The van der Waals surface area contributed by atoms with Crippen molar-refractivity contribution in [2.75, 3.05) is 32.8 Å². The molecule has 2 N–H and O–H groups in total. The van der Waals surface area contributed by atoms with E-state index in [1.807, 2.05) is 0 Å². The van der Waals surface area contributed by atoms with E-state index in [9.17, 15) is 24.0 Å². The molecule has 8 atom stereocenters. The van der Waals surface area contributed by atoms with Gasteiger partial charge in [-0.25, -0.2) is 0 Å². The van der Waals surface area contributed by atoms with Gasteiger partial charge in [-0.15, -0.1) is 0 Å². The summed E-state index contributed by atoms with van der Waals surface area (Å²) >= 11 is 0. The predicted molar refractivity (Wildman–Crippen MR) is 199 cm³/mol. The van der Waals surface area contributed by atoms with Crippen LogP contribution in [0.25, 0.3) is 0 Å². The summed E-state index contributed by atoms with van der Waals surface area (Å²) in [5.41, 5.74) is 2.19. The molecule has 290 valence electrons. The fourth-order valence-electron chi connectivity index (χ4n) is 10.9. The van der Waals surface area contributed by atoms with Crippen LogP contribution in [-0.2, 0) is 33.4 Å². The molecule has 4 aliphatic carbocycles. The molecule has 3 saturated carbocycles. The van der Waals surface area contributed by atoms with E-state index in [1.54, 1.807) is 0 Å². The lowest BCUT2D eigenvalue weighted by molar-refractivity contribution is -0.152. The second kappa shape index (κ2) is 17.9. The molecule has 10 nitrogen and oxygen atoms in total. The number of nitrogens with one attached hydrogen (secondary N) is 2. The van der Waals surface area contributed by atoms with Gasteiger partial charge < -0.3 is 20.1 Å².